The average Bonchev–Trinajstić information content (AvgIpc) is 3.10. The van der Waals surface area contributed by atoms with Crippen LogP contribution in [0.25, 0.3) is 16.6 Å². The zero-order chi connectivity index (χ0) is 23.9. The van der Waals surface area contributed by atoms with Gasteiger partial charge in [0.1, 0.15) is 11.5 Å². The molecule has 0 aliphatic carbocycles. The molecule has 0 saturated heterocycles. The van der Waals surface area contributed by atoms with Crippen molar-refractivity contribution >= 4 is 22.4 Å². The third-order valence-electron chi connectivity index (χ3n) is 6.08. The first-order valence-electron chi connectivity index (χ1n) is 11.3. The second kappa shape index (κ2) is 8.53. The molecule has 0 spiro atoms. The number of halogens is 1. The number of pyridine rings is 2. The molecule has 1 aromatic carbocycles. The Labute approximate surface area is 196 Å². The molecule has 0 bridgehead atoms. The number of nitrogens with zero attached hydrogens (tertiary/aromatic N) is 4. The largest absolute Gasteiger partial charge is 0.340 e. The molecule has 0 amide bonds. The Kier molecular flexibility index (Phi) is 5.53. The van der Waals surface area contributed by atoms with Gasteiger partial charge in [-0.25, -0.2) is 18.7 Å². The fraction of sp³-hybridized carbons (Fsp3) is 0.269. The van der Waals surface area contributed by atoms with Crippen molar-refractivity contribution in [3.63, 3.8) is 0 Å². The van der Waals surface area contributed by atoms with Gasteiger partial charge in [-0.1, -0.05) is 12.1 Å². The molecule has 174 valence electrons. The summed E-state index contributed by atoms with van der Waals surface area (Å²) < 4.78 is 18.0. The SMILES string of the molecule is C=CCn1c(=O)c2cnc(Nc3ccc4c(c3)CCNC4)cc2n1-c1ccnc(C(C)(C)F)c1. The van der Waals surface area contributed by atoms with Gasteiger partial charge in [0.25, 0.3) is 5.56 Å². The number of anilines is 2. The molecule has 0 radical (unpaired) electrons. The highest BCUT2D eigenvalue weighted by atomic mass is 19.1. The maximum Gasteiger partial charge on any atom is 0.276 e. The lowest BCUT2D eigenvalue weighted by molar-refractivity contribution is 0.214. The van der Waals surface area contributed by atoms with Gasteiger partial charge in [0.15, 0.2) is 0 Å². The highest BCUT2D eigenvalue weighted by molar-refractivity contribution is 5.83. The van der Waals surface area contributed by atoms with Gasteiger partial charge >= 0.3 is 0 Å². The minimum Gasteiger partial charge on any atom is -0.340 e. The van der Waals surface area contributed by atoms with Crippen LogP contribution in [0.15, 0.2) is 66.2 Å². The Balaban J connectivity index is 1.62. The van der Waals surface area contributed by atoms with E-state index >= 15 is 0 Å². The summed E-state index contributed by atoms with van der Waals surface area (Å²) in [4.78, 5) is 21.8. The monoisotopic (exact) mass is 458 g/mol. The molecule has 0 saturated carbocycles. The molecule has 1 aliphatic heterocycles. The summed E-state index contributed by atoms with van der Waals surface area (Å²) in [5.41, 5.74) is 3.37. The van der Waals surface area contributed by atoms with Crippen LogP contribution in [-0.2, 0) is 25.2 Å². The number of allylic oxidation sites excluding steroid dienone is 1. The third-order valence-corrected chi connectivity index (χ3v) is 6.08. The maximum absolute atomic E-state index is 14.6. The van der Waals surface area contributed by atoms with Gasteiger partial charge in [-0.05, 0) is 62.2 Å². The predicted molar refractivity (Wildman–Crippen MR) is 133 cm³/mol. The highest BCUT2D eigenvalue weighted by Crippen LogP contribution is 2.27. The Morgan fingerprint density at radius 1 is 1.21 bits per heavy atom. The number of fused-ring (bicyclic) bond motifs is 2. The summed E-state index contributed by atoms with van der Waals surface area (Å²) in [5.74, 6) is 0.617. The number of nitrogens with one attached hydrogen (secondary N) is 2. The van der Waals surface area contributed by atoms with Gasteiger partial charge < -0.3 is 10.6 Å². The molecule has 1 aliphatic rings. The first-order valence-corrected chi connectivity index (χ1v) is 11.3. The third kappa shape index (κ3) is 4.01. The van der Waals surface area contributed by atoms with Gasteiger partial charge in [-0.2, -0.15) is 0 Å². The molecule has 0 atom stereocenters. The van der Waals surface area contributed by atoms with Crippen LogP contribution in [0.2, 0.25) is 0 Å². The first kappa shape index (κ1) is 22.0. The number of hydrogen-bond donors (Lipinski definition) is 2. The average molecular weight is 459 g/mol. The fourth-order valence-corrected chi connectivity index (χ4v) is 4.36. The van der Waals surface area contributed by atoms with E-state index in [4.69, 9.17) is 0 Å². The van der Waals surface area contributed by atoms with Crippen molar-refractivity contribution in [1.29, 1.82) is 0 Å². The van der Waals surface area contributed by atoms with E-state index in [0.717, 1.165) is 25.2 Å². The van der Waals surface area contributed by atoms with Crippen molar-refractivity contribution in [3.8, 4) is 5.69 Å². The molecular formula is C26H27FN6O. The standard InChI is InChI=1S/C26H27FN6O/c1-4-11-32-25(34)21-16-30-24(31-19-6-5-18-15-28-9-7-17(18)12-19)14-22(21)33(32)20-8-10-29-23(13-20)26(2,3)27/h4-6,8,10,12-14,16,28H,1,7,9,11,15H2,2-3H3,(H,30,31). The Morgan fingerprint density at radius 3 is 2.85 bits per heavy atom. The molecule has 7 nitrogen and oxygen atoms in total. The van der Waals surface area contributed by atoms with E-state index < -0.39 is 5.67 Å². The van der Waals surface area contributed by atoms with E-state index in [2.05, 4.69) is 39.3 Å². The van der Waals surface area contributed by atoms with E-state index in [9.17, 15) is 9.18 Å². The topological polar surface area (TPSA) is 76.8 Å². The summed E-state index contributed by atoms with van der Waals surface area (Å²) in [6.45, 7) is 8.86. The number of rotatable bonds is 6. The van der Waals surface area contributed by atoms with Crippen LogP contribution in [0.5, 0.6) is 0 Å². The van der Waals surface area contributed by atoms with Crippen LogP contribution >= 0.6 is 0 Å². The van der Waals surface area contributed by atoms with Crippen LogP contribution in [0.1, 0.15) is 30.7 Å². The van der Waals surface area contributed by atoms with E-state index in [-0.39, 0.29) is 5.56 Å². The van der Waals surface area contributed by atoms with Gasteiger partial charge in [0.2, 0.25) is 0 Å². The molecule has 0 fully saturated rings. The number of hydrogen-bond acceptors (Lipinski definition) is 5. The number of aromatic nitrogens is 4. The smallest absolute Gasteiger partial charge is 0.276 e. The lowest BCUT2D eigenvalue weighted by atomic mass is 10.0. The Bertz CT molecular complexity index is 1450. The normalized spacial score (nSPS) is 13.6. The molecular weight excluding hydrogens is 431 g/mol. The second-order valence-corrected chi connectivity index (χ2v) is 8.98. The van der Waals surface area contributed by atoms with E-state index in [0.29, 0.717) is 34.6 Å². The molecule has 5 rings (SSSR count). The molecule has 0 unspecified atom stereocenters. The zero-order valence-electron chi connectivity index (χ0n) is 19.3. The van der Waals surface area contributed by atoms with Crippen molar-refractivity contribution in [2.45, 2.75) is 39.0 Å². The summed E-state index contributed by atoms with van der Waals surface area (Å²) in [6, 6.07) is 11.6. The maximum atomic E-state index is 14.6. The van der Waals surface area contributed by atoms with Crippen molar-refractivity contribution in [2.75, 3.05) is 11.9 Å². The van der Waals surface area contributed by atoms with Crippen molar-refractivity contribution < 1.29 is 4.39 Å². The first-order chi connectivity index (χ1) is 16.3. The molecule has 4 aromatic rings. The predicted octanol–water partition coefficient (Wildman–Crippen LogP) is 4.36. The quantitative estimate of drug-likeness (QED) is 0.420. The molecule has 4 heterocycles. The van der Waals surface area contributed by atoms with Crippen LogP contribution in [0.4, 0.5) is 15.9 Å². The molecule has 34 heavy (non-hydrogen) atoms. The number of alkyl halides is 1. The van der Waals surface area contributed by atoms with E-state index in [1.54, 1.807) is 40.0 Å². The van der Waals surface area contributed by atoms with Crippen LogP contribution in [-0.4, -0.2) is 25.9 Å². The van der Waals surface area contributed by atoms with Gasteiger partial charge in [0.05, 0.1) is 28.8 Å². The lowest BCUT2D eigenvalue weighted by Crippen LogP contribution is -2.23. The molecule has 2 N–H and O–H groups in total. The van der Waals surface area contributed by atoms with Gasteiger partial charge in [-0.3, -0.25) is 9.78 Å². The minimum atomic E-state index is -1.61. The summed E-state index contributed by atoms with van der Waals surface area (Å²) in [6.07, 6.45) is 5.78. The second-order valence-electron chi connectivity index (χ2n) is 8.98. The highest BCUT2D eigenvalue weighted by Gasteiger charge is 2.22. The van der Waals surface area contributed by atoms with E-state index in [1.807, 2.05) is 12.1 Å². The van der Waals surface area contributed by atoms with Gasteiger partial charge in [-0.15, -0.1) is 6.58 Å². The summed E-state index contributed by atoms with van der Waals surface area (Å²) in [5, 5.41) is 7.23. The minimum absolute atomic E-state index is 0.187. The Hall–Kier alpha value is -3.78. The van der Waals surface area contributed by atoms with Crippen LogP contribution in [0.3, 0.4) is 0 Å². The number of benzene rings is 1. The molecule has 8 heteroatoms. The van der Waals surface area contributed by atoms with Crippen molar-refractivity contribution in [2.24, 2.45) is 0 Å². The summed E-state index contributed by atoms with van der Waals surface area (Å²) in [7, 11) is 0. The van der Waals surface area contributed by atoms with Gasteiger partial charge in [0, 0.05) is 30.7 Å². The van der Waals surface area contributed by atoms with Crippen LogP contribution < -0.4 is 16.2 Å². The lowest BCUT2D eigenvalue weighted by Gasteiger charge is -2.18. The molecule has 3 aromatic heterocycles. The van der Waals surface area contributed by atoms with E-state index in [1.165, 1.54) is 25.0 Å². The summed E-state index contributed by atoms with van der Waals surface area (Å²) >= 11 is 0. The Morgan fingerprint density at radius 2 is 2.06 bits per heavy atom. The zero-order valence-corrected chi connectivity index (χ0v) is 19.3. The van der Waals surface area contributed by atoms with Crippen molar-refractivity contribution in [3.05, 3.63) is 88.6 Å². The fourth-order valence-electron chi connectivity index (χ4n) is 4.36. The van der Waals surface area contributed by atoms with Crippen molar-refractivity contribution in [1.82, 2.24) is 24.6 Å². The van der Waals surface area contributed by atoms with Crippen LogP contribution in [0, 0.1) is 0 Å².